The predicted octanol–water partition coefficient (Wildman–Crippen LogP) is 4.93. The maximum atomic E-state index is 13.5. The first-order valence-electron chi connectivity index (χ1n) is 9.65. The molecule has 8 heteroatoms. The Kier molecular flexibility index (Phi) is 5.76. The fourth-order valence-corrected chi connectivity index (χ4v) is 4.19. The van der Waals surface area contributed by atoms with E-state index in [0.29, 0.717) is 18.1 Å². The van der Waals surface area contributed by atoms with Crippen LogP contribution >= 0.6 is 11.5 Å². The fourth-order valence-electron chi connectivity index (χ4n) is 3.50. The van der Waals surface area contributed by atoms with Crippen molar-refractivity contribution in [3.8, 4) is 21.9 Å². The molecule has 2 aromatic carbocycles. The topological polar surface area (TPSA) is 54.6 Å². The van der Waals surface area contributed by atoms with E-state index in [1.54, 1.807) is 13.2 Å². The van der Waals surface area contributed by atoms with Crippen molar-refractivity contribution >= 4 is 17.2 Å². The van der Waals surface area contributed by atoms with Crippen LogP contribution in [0, 0.1) is 0 Å². The van der Waals surface area contributed by atoms with Crippen LogP contribution in [-0.4, -0.2) is 30.5 Å². The molecular formula is C22H22F2N2O3S. The summed E-state index contributed by atoms with van der Waals surface area (Å²) in [6.45, 7) is 0.889. The Morgan fingerprint density at radius 3 is 2.50 bits per heavy atom. The first-order valence-corrected chi connectivity index (χ1v) is 10.5. The van der Waals surface area contributed by atoms with Gasteiger partial charge in [0.1, 0.15) is 6.61 Å². The number of aromatic nitrogens is 1. The summed E-state index contributed by atoms with van der Waals surface area (Å²) in [5, 5.41) is 0. The predicted molar refractivity (Wildman–Crippen MR) is 114 cm³/mol. The molecule has 0 bridgehead atoms. The number of H-pyrrole nitrogens is 1. The van der Waals surface area contributed by atoms with Crippen molar-refractivity contribution in [3.05, 3.63) is 64.4 Å². The fraction of sp³-hybridized carbons (Fsp3) is 0.318. The number of rotatable bonds is 6. The summed E-state index contributed by atoms with van der Waals surface area (Å²) in [5.74, 6) is -1.47. The number of ether oxygens (including phenoxy) is 2. The molecule has 1 N–H and O–H groups in total. The first kappa shape index (κ1) is 20.4. The van der Waals surface area contributed by atoms with Crippen molar-refractivity contribution in [3.63, 3.8) is 0 Å². The zero-order chi connectivity index (χ0) is 21.1. The maximum absolute atomic E-state index is 13.5. The average Bonchev–Trinajstić information content (AvgIpc) is 3.18. The molecule has 158 valence electrons. The number of alkyl halides is 2. The molecule has 1 aliphatic rings. The number of nitrogens with zero attached hydrogens (tertiary/aromatic N) is 1. The van der Waals surface area contributed by atoms with Gasteiger partial charge in [0.05, 0.1) is 17.7 Å². The number of nitrogens with one attached hydrogen (secondary N) is 1. The van der Waals surface area contributed by atoms with Gasteiger partial charge in [0, 0.05) is 32.0 Å². The Hall–Kier alpha value is -2.87. The minimum Gasteiger partial charge on any atom is -0.491 e. The van der Waals surface area contributed by atoms with Crippen LogP contribution in [0.1, 0.15) is 18.4 Å². The number of hydrogen-bond donors (Lipinski definition) is 1. The number of halogens is 2. The van der Waals surface area contributed by atoms with E-state index in [9.17, 15) is 13.6 Å². The van der Waals surface area contributed by atoms with Crippen LogP contribution in [0.25, 0.3) is 10.4 Å². The van der Waals surface area contributed by atoms with Gasteiger partial charge in [0.15, 0.2) is 11.5 Å². The van der Waals surface area contributed by atoms with E-state index in [1.807, 2.05) is 47.4 Å². The Morgan fingerprint density at radius 2 is 1.87 bits per heavy atom. The lowest BCUT2D eigenvalue weighted by molar-refractivity contribution is -0.0221. The quantitative estimate of drug-likeness (QED) is 0.600. The highest BCUT2D eigenvalue weighted by Gasteiger charge is 2.35. The van der Waals surface area contributed by atoms with Crippen molar-refractivity contribution in [1.29, 1.82) is 0 Å². The lowest BCUT2D eigenvalue weighted by Gasteiger charge is -2.34. The van der Waals surface area contributed by atoms with E-state index in [-0.39, 0.29) is 31.5 Å². The van der Waals surface area contributed by atoms with Gasteiger partial charge in [-0.1, -0.05) is 41.9 Å². The molecule has 0 unspecified atom stereocenters. The Labute approximate surface area is 177 Å². The third-order valence-electron chi connectivity index (χ3n) is 5.15. The SMILES string of the molecule is COc1c(OCc2ccc(-c3cc(=O)[nH]s3)cc2)cccc1N1CCC(F)(F)CC1. The van der Waals surface area contributed by atoms with Crippen LogP contribution < -0.4 is 19.9 Å². The second kappa shape index (κ2) is 8.47. The summed E-state index contributed by atoms with van der Waals surface area (Å²) in [4.78, 5) is 14.1. The van der Waals surface area contributed by atoms with Crippen molar-refractivity contribution in [1.82, 2.24) is 4.37 Å². The summed E-state index contributed by atoms with van der Waals surface area (Å²) < 4.78 is 41.2. The number of piperidine rings is 1. The lowest BCUT2D eigenvalue weighted by Crippen LogP contribution is -2.39. The molecule has 30 heavy (non-hydrogen) atoms. The second-order valence-corrected chi connectivity index (χ2v) is 8.06. The number of hydrogen-bond acceptors (Lipinski definition) is 5. The largest absolute Gasteiger partial charge is 0.491 e. The summed E-state index contributed by atoms with van der Waals surface area (Å²) in [5.41, 5.74) is 2.59. The van der Waals surface area contributed by atoms with Gasteiger partial charge < -0.3 is 14.4 Å². The van der Waals surface area contributed by atoms with Crippen molar-refractivity contribution in [2.45, 2.75) is 25.4 Å². The minimum absolute atomic E-state index is 0.105. The number of anilines is 1. The van der Waals surface area contributed by atoms with Crippen LogP contribution in [0.3, 0.4) is 0 Å². The molecule has 1 aromatic heterocycles. The number of aromatic amines is 1. The second-order valence-electron chi connectivity index (χ2n) is 7.21. The highest BCUT2D eigenvalue weighted by molar-refractivity contribution is 7.09. The summed E-state index contributed by atoms with van der Waals surface area (Å²) in [6.07, 6.45) is -0.327. The highest BCUT2D eigenvalue weighted by Crippen LogP contribution is 2.40. The van der Waals surface area contributed by atoms with E-state index < -0.39 is 5.92 Å². The van der Waals surface area contributed by atoms with Gasteiger partial charge in [0.25, 0.3) is 11.5 Å². The van der Waals surface area contributed by atoms with E-state index in [0.717, 1.165) is 21.7 Å². The van der Waals surface area contributed by atoms with Gasteiger partial charge in [-0.25, -0.2) is 8.78 Å². The third-order valence-corrected chi connectivity index (χ3v) is 6.03. The van der Waals surface area contributed by atoms with Crippen molar-refractivity contribution in [2.75, 3.05) is 25.1 Å². The molecular weight excluding hydrogens is 410 g/mol. The van der Waals surface area contributed by atoms with Crippen LogP contribution in [0.15, 0.2) is 53.3 Å². The smallest absolute Gasteiger partial charge is 0.258 e. The van der Waals surface area contributed by atoms with Crippen molar-refractivity contribution < 1.29 is 18.3 Å². The van der Waals surface area contributed by atoms with E-state index in [2.05, 4.69) is 4.37 Å². The zero-order valence-corrected chi connectivity index (χ0v) is 17.3. The van der Waals surface area contributed by atoms with Crippen LogP contribution in [0.5, 0.6) is 11.5 Å². The molecule has 5 nitrogen and oxygen atoms in total. The standard InChI is InChI=1S/C22H22F2N2O3S/c1-28-21-17(26-11-9-22(23,24)10-12-26)3-2-4-18(21)29-14-15-5-7-16(8-6-15)19-13-20(27)25-30-19/h2-8,13H,9-12,14H2,1H3,(H,25,27). The lowest BCUT2D eigenvalue weighted by atomic mass is 10.1. The minimum atomic E-state index is -2.60. The van der Waals surface area contributed by atoms with E-state index >= 15 is 0 Å². The summed E-state index contributed by atoms with van der Waals surface area (Å²) in [6, 6.07) is 14.9. The summed E-state index contributed by atoms with van der Waals surface area (Å²) >= 11 is 1.30. The average molecular weight is 432 g/mol. The number of para-hydroxylation sites is 1. The van der Waals surface area contributed by atoms with E-state index in [1.165, 1.54) is 11.5 Å². The molecule has 0 amide bonds. The van der Waals surface area contributed by atoms with Crippen LogP contribution in [0.4, 0.5) is 14.5 Å². The van der Waals surface area contributed by atoms with Crippen LogP contribution in [0.2, 0.25) is 0 Å². The van der Waals surface area contributed by atoms with Gasteiger partial charge in [-0.15, -0.1) is 0 Å². The molecule has 0 spiro atoms. The molecule has 4 rings (SSSR count). The number of benzene rings is 2. The van der Waals surface area contributed by atoms with Gasteiger partial charge >= 0.3 is 0 Å². The monoisotopic (exact) mass is 432 g/mol. The van der Waals surface area contributed by atoms with Gasteiger partial charge in [-0.05, 0) is 23.3 Å². The van der Waals surface area contributed by atoms with Gasteiger partial charge in [0.2, 0.25) is 0 Å². The molecule has 1 fully saturated rings. The Bertz CT molecular complexity index is 1050. The summed E-state index contributed by atoms with van der Waals surface area (Å²) in [7, 11) is 1.56. The third kappa shape index (κ3) is 4.48. The van der Waals surface area contributed by atoms with Crippen LogP contribution in [-0.2, 0) is 6.61 Å². The first-order chi connectivity index (χ1) is 14.4. The Balaban J connectivity index is 1.46. The van der Waals surface area contributed by atoms with Gasteiger partial charge in [-0.2, -0.15) is 0 Å². The molecule has 1 saturated heterocycles. The molecule has 0 atom stereocenters. The zero-order valence-electron chi connectivity index (χ0n) is 16.5. The molecule has 0 radical (unpaired) electrons. The Morgan fingerprint density at radius 1 is 1.13 bits per heavy atom. The number of methoxy groups -OCH3 is 1. The van der Waals surface area contributed by atoms with E-state index in [4.69, 9.17) is 9.47 Å². The molecule has 2 heterocycles. The normalized spacial score (nSPS) is 15.8. The molecule has 3 aromatic rings. The highest BCUT2D eigenvalue weighted by atomic mass is 32.1. The van der Waals surface area contributed by atoms with Crippen molar-refractivity contribution in [2.24, 2.45) is 0 Å². The molecule has 1 aliphatic heterocycles. The van der Waals surface area contributed by atoms with Gasteiger partial charge in [-0.3, -0.25) is 9.17 Å². The maximum Gasteiger partial charge on any atom is 0.258 e. The molecule has 0 aliphatic carbocycles. The molecule has 0 saturated carbocycles.